The number of Topliss-reactive ketones (excluding diaryl/α,β-unsaturated/α-hetero) is 1. The van der Waals surface area contributed by atoms with E-state index in [4.69, 9.17) is 0 Å². The topological polar surface area (TPSA) is 83.3 Å². The zero-order valence-electron chi connectivity index (χ0n) is 11.9. The normalized spacial score (nSPS) is 11.3. The summed E-state index contributed by atoms with van der Waals surface area (Å²) in [6.07, 6.45) is 0. The molecule has 4 aromatic rings. The van der Waals surface area contributed by atoms with Crippen molar-refractivity contribution in [3.05, 3.63) is 54.1 Å². The smallest absolute Gasteiger partial charge is 0.231 e. The number of H-pyrrole nitrogens is 1. The Kier molecular flexibility index (Phi) is 3.27. The van der Waals surface area contributed by atoms with Gasteiger partial charge in [-0.1, -0.05) is 23.9 Å². The number of aromatic nitrogens is 4. The van der Waals surface area contributed by atoms with E-state index in [1.54, 1.807) is 12.1 Å². The highest BCUT2D eigenvalue weighted by atomic mass is 32.2. The highest BCUT2D eigenvalue weighted by Crippen LogP contribution is 2.23. The molecule has 0 aliphatic carbocycles. The zero-order chi connectivity index (χ0) is 15.8. The second kappa shape index (κ2) is 5.44. The number of para-hydroxylation sites is 2. The molecule has 2 heterocycles. The summed E-state index contributed by atoms with van der Waals surface area (Å²) in [5, 5.41) is 17.1. The summed E-state index contributed by atoms with van der Waals surface area (Å²) in [5.41, 5.74) is 2.40. The molecule has 0 saturated heterocycles. The van der Waals surface area contributed by atoms with E-state index in [2.05, 4.69) is 15.2 Å². The van der Waals surface area contributed by atoms with Gasteiger partial charge < -0.3 is 5.11 Å². The first-order valence-electron chi connectivity index (χ1n) is 6.99. The molecule has 0 unspecified atom stereocenters. The van der Waals surface area contributed by atoms with Crippen molar-refractivity contribution in [1.29, 1.82) is 0 Å². The molecule has 114 valence electrons. The van der Waals surface area contributed by atoms with E-state index in [9.17, 15) is 9.90 Å². The molecular formula is C16H12N4O2S. The average Bonchev–Trinajstić information content (AvgIpc) is 3.12. The molecule has 0 spiro atoms. The van der Waals surface area contributed by atoms with Crippen molar-refractivity contribution >= 4 is 34.4 Å². The average molecular weight is 324 g/mol. The zero-order valence-corrected chi connectivity index (χ0v) is 12.7. The first kappa shape index (κ1) is 13.8. The van der Waals surface area contributed by atoms with Crippen molar-refractivity contribution in [3.63, 3.8) is 0 Å². The summed E-state index contributed by atoms with van der Waals surface area (Å²) in [7, 11) is 0. The number of fused-ring (bicyclic) bond motifs is 3. The molecule has 6 nitrogen and oxygen atoms in total. The quantitative estimate of drug-likeness (QED) is 0.445. The summed E-state index contributed by atoms with van der Waals surface area (Å²) >= 11 is 1.35. The van der Waals surface area contributed by atoms with Gasteiger partial charge in [-0.2, -0.15) is 0 Å². The van der Waals surface area contributed by atoms with Crippen LogP contribution in [0.1, 0.15) is 10.4 Å². The monoisotopic (exact) mass is 324 g/mol. The molecule has 0 saturated carbocycles. The van der Waals surface area contributed by atoms with Gasteiger partial charge in [0, 0.05) is 5.56 Å². The second-order valence-corrected chi connectivity index (χ2v) is 5.97. The van der Waals surface area contributed by atoms with Gasteiger partial charge in [0.05, 0.1) is 16.8 Å². The highest BCUT2D eigenvalue weighted by Gasteiger charge is 2.14. The number of hydrogen-bond donors (Lipinski definition) is 2. The summed E-state index contributed by atoms with van der Waals surface area (Å²) in [6.45, 7) is 0. The molecule has 0 aliphatic heterocycles. The predicted octanol–water partition coefficient (Wildman–Crippen LogP) is 2.89. The van der Waals surface area contributed by atoms with Crippen LogP contribution in [-0.4, -0.2) is 36.2 Å². The molecule has 23 heavy (non-hydrogen) atoms. The Morgan fingerprint density at radius 2 is 1.96 bits per heavy atom. The number of thioether (sulfide) groups is 1. The number of carbonyl (C=O) groups is 1. The van der Waals surface area contributed by atoms with Crippen molar-refractivity contribution in [3.8, 4) is 5.75 Å². The largest absolute Gasteiger partial charge is 0.508 e. The number of phenolic OH excluding ortho intramolecular Hbond substituents is 1. The lowest BCUT2D eigenvalue weighted by Gasteiger charge is -2.01. The number of ketones is 1. The number of nitrogens with zero attached hydrogens (tertiary/aromatic N) is 3. The number of aromatic amines is 1. The van der Waals surface area contributed by atoms with E-state index < -0.39 is 0 Å². The van der Waals surface area contributed by atoms with Gasteiger partial charge >= 0.3 is 0 Å². The first-order valence-corrected chi connectivity index (χ1v) is 7.97. The molecule has 2 aromatic carbocycles. The van der Waals surface area contributed by atoms with Crippen LogP contribution in [0.2, 0.25) is 0 Å². The van der Waals surface area contributed by atoms with Crippen LogP contribution in [0.25, 0.3) is 16.8 Å². The van der Waals surface area contributed by atoms with Gasteiger partial charge in [0.25, 0.3) is 0 Å². The molecule has 0 bridgehead atoms. The summed E-state index contributed by atoms with van der Waals surface area (Å²) < 4.78 is 1.91. The third-order valence-electron chi connectivity index (χ3n) is 3.53. The second-order valence-electron chi connectivity index (χ2n) is 5.02. The Balaban J connectivity index is 1.60. The third-order valence-corrected chi connectivity index (χ3v) is 4.46. The highest BCUT2D eigenvalue weighted by molar-refractivity contribution is 7.99. The molecule has 0 amide bonds. The molecule has 4 rings (SSSR count). The number of phenols is 1. The fourth-order valence-electron chi connectivity index (χ4n) is 2.40. The Morgan fingerprint density at radius 3 is 2.78 bits per heavy atom. The summed E-state index contributed by atoms with van der Waals surface area (Å²) in [5.74, 6) is 1.05. The van der Waals surface area contributed by atoms with Gasteiger partial charge in [-0.05, 0) is 36.4 Å². The lowest BCUT2D eigenvalue weighted by molar-refractivity contribution is 0.102. The molecular weight excluding hydrogens is 312 g/mol. The first-order chi connectivity index (χ1) is 11.2. The summed E-state index contributed by atoms with van der Waals surface area (Å²) in [6, 6.07) is 14.0. The van der Waals surface area contributed by atoms with Gasteiger partial charge in [-0.3, -0.25) is 9.20 Å². The fourth-order valence-corrected chi connectivity index (χ4v) is 3.25. The lowest BCUT2D eigenvalue weighted by Crippen LogP contribution is -2.02. The number of aromatic hydroxyl groups is 1. The van der Waals surface area contributed by atoms with Crippen molar-refractivity contribution < 1.29 is 9.90 Å². The Bertz CT molecular complexity index is 1000. The van der Waals surface area contributed by atoms with E-state index in [-0.39, 0.29) is 17.3 Å². The minimum Gasteiger partial charge on any atom is -0.508 e. The van der Waals surface area contributed by atoms with Crippen LogP contribution >= 0.6 is 11.8 Å². The van der Waals surface area contributed by atoms with Crippen LogP contribution in [0.4, 0.5) is 0 Å². The maximum atomic E-state index is 12.2. The Hall–Kier alpha value is -2.80. The van der Waals surface area contributed by atoms with Gasteiger partial charge in [0.15, 0.2) is 10.9 Å². The van der Waals surface area contributed by atoms with Gasteiger partial charge in [0.1, 0.15) is 5.75 Å². The molecule has 7 heteroatoms. The van der Waals surface area contributed by atoms with Crippen LogP contribution in [0, 0.1) is 0 Å². The number of carbonyl (C=O) groups excluding carboxylic acids is 1. The van der Waals surface area contributed by atoms with Crippen LogP contribution in [0.5, 0.6) is 5.75 Å². The van der Waals surface area contributed by atoms with E-state index in [1.165, 1.54) is 23.9 Å². The molecule has 0 atom stereocenters. The lowest BCUT2D eigenvalue weighted by atomic mass is 10.1. The van der Waals surface area contributed by atoms with Crippen LogP contribution in [-0.2, 0) is 0 Å². The van der Waals surface area contributed by atoms with E-state index >= 15 is 0 Å². The van der Waals surface area contributed by atoms with Crippen LogP contribution in [0.15, 0.2) is 53.7 Å². The number of nitrogens with one attached hydrogen (secondary N) is 1. The fraction of sp³-hybridized carbons (Fsp3) is 0.0625. The van der Waals surface area contributed by atoms with E-state index in [0.717, 1.165) is 11.0 Å². The molecule has 2 aromatic heterocycles. The van der Waals surface area contributed by atoms with E-state index in [0.29, 0.717) is 16.5 Å². The molecule has 0 aliphatic rings. The van der Waals surface area contributed by atoms with Crippen LogP contribution < -0.4 is 0 Å². The molecule has 0 fully saturated rings. The Labute approximate surface area is 135 Å². The SMILES string of the molecule is O=C(CSc1n[nH]c2nc3ccccc3n12)c1ccc(O)cc1. The van der Waals surface area contributed by atoms with Crippen molar-refractivity contribution in [2.24, 2.45) is 0 Å². The number of imidazole rings is 1. The van der Waals surface area contributed by atoms with Gasteiger partial charge in [0.2, 0.25) is 5.78 Å². The number of benzene rings is 2. The third kappa shape index (κ3) is 2.44. The maximum absolute atomic E-state index is 12.2. The number of rotatable bonds is 4. The molecule has 2 N–H and O–H groups in total. The van der Waals surface area contributed by atoms with Crippen molar-refractivity contribution in [1.82, 2.24) is 19.6 Å². The number of hydrogen-bond acceptors (Lipinski definition) is 5. The minimum absolute atomic E-state index is 0.0180. The van der Waals surface area contributed by atoms with Crippen molar-refractivity contribution in [2.45, 2.75) is 5.16 Å². The summed E-state index contributed by atoms with van der Waals surface area (Å²) in [4.78, 5) is 16.7. The van der Waals surface area contributed by atoms with E-state index in [1.807, 2.05) is 28.7 Å². The van der Waals surface area contributed by atoms with Crippen molar-refractivity contribution in [2.75, 3.05) is 5.75 Å². The van der Waals surface area contributed by atoms with Crippen LogP contribution in [0.3, 0.4) is 0 Å². The van der Waals surface area contributed by atoms with Gasteiger partial charge in [-0.25, -0.2) is 10.1 Å². The van der Waals surface area contributed by atoms with Gasteiger partial charge in [-0.15, -0.1) is 5.10 Å². The Morgan fingerprint density at radius 1 is 1.17 bits per heavy atom. The molecule has 0 radical (unpaired) electrons. The maximum Gasteiger partial charge on any atom is 0.231 e. The standard InChI is InChI=1S/C16H12N4O2S/c21-11-7-5-10(6-8-11)14(22)9-23-16-19-18-15-17-12-3-1-2-4-13(12)20(15)16/h1-8,21H,9H2,(H,17,18). The predicted molar refractivity (Wildman–Crippen MR) is 88.0 cm³/mol. The minimum atomic E-state index is -0.0180.